The van der Waals surface area contributed by atoms with Gasteiger partial charge in [-0.3, -0.25) is 14.4 Å². The predicted octanol–water partition coefficient (Wildman–Crippen LogP) is 6.07. The highest BCUT2D eigenvalue weighted by Crippen LogP contribution is 2.50. The highest BCUT2D eigenvalue weighted by Gasteiger charge is 2.31. The van der Waals surface area contributed by atoms with Crippen molar-refractivity contribution in [2.45, 2.75) is 63.6 Å². The van der Waals surface area contributed by atoms with E-state index in [-0.39, 0.29) is 23.3 Å². The van der Waals surface area contributed by atoms with Gasteiger partial charge >= 0.3 is 0 Å². The van der Waals surface area contributed by atoms with Gasteiger partial charge in [-0.1, -0.05) is 24.3 Å². The van der Waals surface area contributed by atoms with Crippen molar-refractivity contribution in [1.82, 2.24) is 15.6 Å². The molecule has 0 bridgehead atoms. The van der Waals surface area contributed by atoms with E-state index in [9.17, 15) is 14.4 Å². The molecule has 258 valence electrons. The van der Waals surface area contributed by atoms with Gasteiger partial charge in [-0.25, -0.2) is 0 Å². The summed E-state index contributed by atoms with van der Waals surface area (Å²) in [5.74, 6) is 1.83. The molecule has 0 spiro atoms. The summed E-state index contributed by atoms with van der Waals surface area (Å²) in [5.41, 5.74) is 6.52. The number of amides is 2. The Kier molecular flexibility index (Phi) is 10.4. The number of aryl methyl sites for hydroxylation is 2. The second-order valence-corrected chi connectivity index (χ2v) is 13.6. The van der Waals surface area contributed by atoms with Crippen LogP contribution in [0.25, 0.3) is 22.0 Å². The second kappa shape index (κ2) is 14.9. The molecular formula is C38H44N4O6S. The van der Waals surface area contributed by atoms with Crippen molar-refractivity contribution in [2.24, 2.45) is 0 Å². The Bertz CT molecular complexity index is 1940. The first-order chi connectivity index (χ1) is 23.8. The summed E-state index contributed by atoms with van der Waals surface area (Å²) in [6.45, 7) is 1.47. The summed E-state index contributed by atoms with van der Waals surface area (Å²) >= 11 is 1.65. The number of rotatable bonds is 11. The van der Waals surface area contributed by atoms with Crippen LogP contribution in [-0.2, 0) is 22.4 Å². The Morgan fingerprint density at radius 1 is 0.959 bits per heavy atom. The molecule has 2 aliphatic rings. The number of H-pyrrole nitrogens is 1. The third-order valence-electron chi connectivity index (χ3n) is 9.60. The molecule has 1 aromatic heterocycles. The predicted molar refractivity (Wildman–Crippen MR) is 195 cm³/mol. The van der Waals surface area contributed by atoms with Crippen molar-refractivity contribution in [3.05, 3.63) is 81.1 Å². The second-order valence-electron chi connectivity index (χ2n) is 12.6. The molecule has 6 rings (SSSR count). The van der Waals surface area contributed by atoms with Crippen molar-refractivity contribution in [2.75, 3.05) is 38.7 Å². The number of aromatic nitrogens is 1. The number of anilines is 1. The molecular weight excluding hydrogens is 641 g/mol. The van der Waals surface area contributed by atoms with Gasteiger partial charge in [0.05, 0.1) is 39.1 Å². The highest BCUT2D eigenvalue weighted by atomic mass is 32.2. The number of carbonyl (C=O) groups excluding carboxylic acids is 2. The third-order valence-corrected chi connectivity index (χ3v) is 10.2. The summed E-state index contributed by atoms with van der Waals surface area (Å²) in [5, 5.41) is 10.9. The largest absolute Gasteiger partial charge is 0.493 e. The zero-order valence-corrected chi connectivity index (χ0v) is 29.5. The molecule has 3 atom stereocenters. The van der Waals surface area contributed by atoms with Crippen molar-refractivity contribution in [3.8, 4) is 28.4 Å². The molecule has 49 heavy (non-hydrogen) atoms. The van der Waals surface area contributed by atoms with Crippen LogP contribution in [0.3, 0.4) is 0 Å². The van der Waals surface area contributed by atoms with Gasteiger partial charge in [-0.05, 0) is 97.1 Å². The third kappa shape index (κ3) is 6.81. The standard InChI is InChI=1S/C38H44N4O6S/c1-21(43)39-28-15-13-22-19-33(46-2)36(47-3)37(48-4)34(22)24-14-16-29(32(44)20-26(24)28)40-31(17-18-49-5)38(45)42-30-12-8-10-25-23-9-6-7-11-27(23)41-35(25)30/h6-7,9,11,14,16,19-20,28,30-31,41H,8,10,12-13,15,17-18H2,1-5H3,(H,39,43)(H,40,44)(H,42,45)/t28-,30?,31-/m1/s1. The van der Waals surface area contributed by atoms with Crippen LogP contribution < -0.4 is 35.6 Å². The van der Waals surface area contributed by atoms with Gasteiger partial charge < -0.3 is 35.1 Å². The van der Waals surface area contributed by atoms with E-state index in [4.69, 9.17) is 14.2 Å². The smallest absolute Gasteiger partial charge is 0.243 e. The summed E-state index contributed by atoms with van der Waals surface area (Å²) < 4.78 is 17.3. The van der Waals surface area contributed by atoms with E-state index >= 15 is 0 Å². The number of para-hydroxylation sites is 1. The van der Waals surface area contributed by atoms with Gasteiger partial charge in [-0.15, -0.1) is 0 Å². The van der Waals surface area contributed by atoms with Crippen LogP contribution in [0.2, 0.25) is 0 Å². The number of fused-ring (bicyclic) bond motifs is 6. The summed E-state index contributed by atoms with van der Waals surface area (Å²) in [6, 6.07) is 14.1. The Morgan fingerprint density at radius 2 is 1.76 bits per heavy atom. The fourth-order valence-electron chi connectivity index (χ4n) is 7.35. The number of nitrogens with one attached hydrogen (secondary N) is 4. The van der Waals surface area contributed by atoms with E-state index in [2.05, 4.69) is 33.1 Å². The number of thioether (sulfide) groups is 1. The molecule has 0 aliphatic heterocycles. The lowest BCUT2D eigenvalue weighted by Gasteiger charge is -2.27. The molecule has 0 radical (unpaired) electrons. The number of aromatic amines is 1. The molecule has 4 N–H and O–H groups in total. The van der Waals surface area contributed by atoms with Crippen LogP contribution in [0.4, 0.5) is 5.69 Å². The van der Waals surface area contributed by atoms with Gasteiger partial charge in [0.1, 0.15) is 6.04 Å². The van der Waals surface area contributed by atoms with Gasteiger partial charge in [0.25, 0.3) is 0 Å². The Hall–Kier alpha value is -4.64. The molecule has 2 amide bonds. The van der Waals surface area contributed by atoms with Crippen molar-refractivity contribution in [1.29, 1.82) is 0 Å². The average molecular weight is 685 g/mol. The van der Waals surface area contributed by atoms with Crippen LogP contribution in [0.1, 0.15) is 67.1 Å². The fraction of sp³-hybridized carbons (Fsp3) is 0.395. The van der Waals surface area contributed by atoms with Crippen molar-refractivity contribution in [3.63, 3.8) is 0 Å². The van der Waals surface area contributed by atoms with Gasteiger partial charge in [0, 0.05) is 29.1 Å². The fourth-order valence-corrected chi connectivity index (χ4v) is 7.82. The molecule has 11 heteroatoms. The van der Waals surface area contributed by atoms with Crippen molar-refractivity contribution >= 4 is 40.2 Å². The quantitative estimate of drug-likeness (QED) is 0.150. The molecule has 0 saturated heterocycles. The van der Waals surface area contributed by atoms with Crippen LogP contribution in [-0.4, -0.2) is 56.2 Å². The Balaban J connectivity index is 1.38. The molecule has 10 nitrogen and oxygen atoms in total. The number of benzene rings is 2. The molecule has 0 fully saturated rings. The minimum absolute atomic E-state index is 0.147. The first-order valence-electron chi connectivity index (χ1n) is 16.7. The monoisotopic (exact) mass is 684 g/mol. The van der Waals surface area contributed by atoms with E-state index in [1.54, 1.807) is 45.2 Å². The molecule has 2 aliphatic carbocycles. The lowest BCUT2D eigenvalue weighted by atomic mass is 9.91. The van der Waals surface area contributed by atoms with E-state index in [1.807, 2.05) is 30.5 Å². The number of ether oxygens (including phenoxy) is 3. The zero-order valence-electron chi connectivity index (χ0n) is 28.7. The van der Waals surface area contributed by atoms with Gasteiger partial charge in [-0.2, -0.15) is 11.8 Å². The van der Waals surface area contributed by atoms with Gasteiger partial charge in [0.15, 0.2) is 11.5 Å². The molecule has 1 unspecified atom stereocenters. The van der Waals surface area contributed by atoms with Crippen LogP contribution in [0, 0.1) is 0 Å². The lowest BCUT2D eigenvalue weighted by molar-refractivity contribution is -0.123. The van der Waals surface area contributed by atoms with Crippen LogP contribution in [0.15, 0.2) is 53.3 Å². The number of hydrogen-bond donors (Lipinski definition) is 4. The maximum Gasteiger partial charge on any atom is 0.243 e. The summed E-state index contributed by atoms with van der Waals surface area (Å²) in [6.07, 6.45) is 6.47. The molecule has 4 aromatic rings. The lowest BCUT2D eigenvalue weighted by Crippen LogP contribution is -2.43. The summed E-state index contributed by atoms with van der Waals surface area (Å²) in [4.78, 5) is 43.9. The normalized spacial score (nSPS) is 17.1. The number of carbonyl (C=O) groups is 2. The first kappa shape index (κ1) is 34.2. The minimum Gasteiger partial charge on any atom is -0.493 e. The van der Waals surface area contributed by atoms with E-state index in [1.165, 1.54) is 17.9 Å². The maximum absolute atomic E-state index is 14.0. The molecule has 3 aromatic carbocycles. The average Bonchev–Trinajstić information content (AvgIpc) is 3.33. The van der Waals surface area contributed by atoms with Crippen LogP contribution in [0.5, 0.6) is 17.2 Å². The zero-order chi connectivity index (χ0) is 34.7. The van der Waals surface area contributed by atoms with Gasteiger partial charge in [0.2, 0.25) is 23.0 Å². The SMILES string of the molecule is COc1cc2c(c(OC)c1OC)-c1ccc(N[C@H](CCSC)C(=O)NC3CCCc4c3[nH]c3ccccc43)c(=O)cc1[C@H](NC(C)=O)CC2. The maximum atomic E-state index is 14.0. The number of methoxy groups -OCH3 is 3. The summed E-state index contributed by atoms with van der Waals surface area (Å²) in [7, 11) is 4.70. The Labute approximate surface area is 290 Å². The first-order valence-corrected chi connectivity index (χ1v) is 18.1. The van der Waals surface area contributed by atoms with Crippen molar-refractivity contribution < 1.29 is 23.8 Å². The minimum atomic E-state index is -0.644. The number of hydrogen-bond acceptors (Lipinski definition) is 8. The Morgan fingerprint density at radius 3 is 2.49 bits per heavy atom. The molecule has 0 saturated carbocycles. The van der Waals surface area contributed by atoms with E-state index in [0.29, 0.717) is 47.8 Å². The van der Waals surface area contributed by atoms with E-state index in [0.717, 1.165) is 52.9 Å². The molecule has 1 heterocycles. The topological polar surface area (TPSA) is 131 Å². The highest BCUT2D eigenvalue weighted by molar-refractivity contribution is 7.98. The van der Waals surface area contributed by atoms with Crippen LogP contribution >= 0.6 is 11.8 Å². The van der Waals surface area contributed by atoms with E-state index < -0.39 is 12.1 Å².